The van der Waals surface area contributed by atoms with E-state index in [0.717, 1.165) is 25.3 Å². The third-order valence-corrected chi connectivity index (χ3v) is 2.69. The summed E-state index contributed by atoms with van der Waals surface area (Å²) < 4.78 is 5.89. The minimum absolute atomic E-state index is 0.141. The first kappa shape index (κ1) is 14.3. The van der Waals surface area contributed by atoms with E-state index < -0.39 is 0 Å². The summed E-state index contributed by atoms with van der Waals surface area (Å²) in [6.07, 6.45) is 4.57. The van der Waals surface area contributed by atoms with Crippen molar-refractivity contribution in [1.82, 2.24) is 10.3 Å². The molecule has 96 valence electrons. The number of nitrogens with one attached hydrogen (secondary N) is 1. The van der Waals surface area contributed by atoms with E-state index in [0.29, 0.717) is 10.9 Å². The smallest absolute Gasteiger partial charge is 0.139 e. The Hall–Kier alpha value is -0.800. The number of aromatic nitrogens is 1. The highest BCUT2D eigenvalue weighted by atomic mass is 35.5. The van der Waals surface area contributed by atoms with Crippen LogP contribution in [-0.4, -0.2) is 24.2 Å². The second kappa shape index (κ2) is 7.51. The Bertz CT molecular complexity index is 331. The number of hydrogen-bond acceptors (Lipinski definition) is 3. The van der Waals surface area contributed by atoms with Gasteiger partial charge in [0.2, 0.25) is 0 Å². The van der Waals surface area contributed by atoms with E-state index >= 15 is 0 Å². The summed E-state index contributed by atoms with van der Waals surface area (Å²) in [5, 5.41) is 3.98. The Labute approximate surface area is 109 Å². The first-order valence-electron chi connectivity index (χ1n) is 6.11. The lowest BCUT2D eigenvalue weighted by Crippen LogP contribution is -2.35. The second-order valence-corrected chi connectivity index (χ2v) is 4.88. The summed E-state index contributed by atoms with van der Waals surface area (Å²) in [5.74, 6) is 1.17. The molecule has 0 aliphatic heterocycles. The van der Waals surface area contributed by atoms with Crippen LogP contribution in [0.3, 0.4) is 0 Å². The molecule has 1 atom stereocenters. The fourth-order valence-corrected chi connectivity index (χ4v) is 1.63. The molecule has 0 amide bonds. The zero-order chi connectivity index (χ0) is 12.7. The van der Waals surface area contributed by atoms with Gasteiger partial charge in [-0.25, -0.2) is 0 Å². The Balaban J connectivity index is 2.54. The van der Waals surface area contributed by atoms with Gasteiger partial charge in [0.1, 0.15) is 11.9 Å². The molecule has 1 N–H and O–H groups in total. The van der Waals surface area contributed by atoms with Gasteiger partial charge in [0.15, 0.2) is 0 Å². The van der Waals surface area contributed by atoms with Crippen molar-refractivity contribution in [1.29, 1.82) is 0 Å². The Morgan fingerprint density at radius 3 is 2.76 bits per heavy atom. The molecule has 1 aromatic heterocycles. The first-order valence-corrected chi connectivity index (χ1v) is 6.49. The molecular formula is C13H21ClN2O. The van der Waals surface area contributed by atoms with Crippen molar-refractivity contribution in [2.75, 3.05) is 13.1 Å². The number of halogens is 1. The third kappa shape index (κ3) is 5.37. The maximum Gasteiger partial charge on any atom is 0.139 e. The number of hydrogen-bond donors (Lipinski definition) is 1. The van der Waals surface area contributed by atoms with E-state index in [2.05, 4.69) is 31.1 Å². The van der Waals surface area contributed by atoms with Gasteiger partial charge >= 0.3 is 0 Å². The molecule has 1 rings (SSSR count). The normalized spacial score (nSPS) is 12.8. The van der Waals surface area contributed by atoms with Crippen molar-refractivity contribution < 1.29 is 4.74 Å². The molecule has 3 nitrogen and oxygen atoms in total. The zero-order valence-corrected chi connectivity index (χ0v) is 11.5. The largest absolute Gasteiger partial charge is 0.487 e. The molecule has 0 radical (unpaired) electrons. The SMILES string of the molecule is CCCNCC(Oc1cncc(Cl)c1)C(C)C. The first-order chi connectivity index (χ1) is 8.13. The van der Waals surface area contributed by atoms with Crippen LogP contribution in [0.4, 0.5) is 0 Å². The molecule has 0 saturated heterocycles. The average Bonchev–Trinajstić information content (AvgIpc) is 2.28. The van der Waals surface area contributed by atoms with Crippen molar-refractivity contribution >= 4 is 11.6 Å². The van der Waals surface area contributed by atoms with Crippen LogP contribution >= 0.6 is 11.6 Å². The molecule has 0 aliphatic rings. The van der Waals surface area contributed by atoms with Crippen molar-refractivity contribution in [3.8, 4) is 5.75 Å². The number of ether oxygens (including phenoxy) is 1. The molecule has 0 bridgehead atoms. The van der Waals surface area contributed by atoms with Crippen LogP contribution in [0.1, 0.15) is 27.2 Å². The van der Waals surface area contributed by atoms with Crippen LogP contribution in [0.2, 0.25) is 5.02 Å². The number of rotatable bonds is 7. The fourth-order valence-electron chi connectivity index (χ4n) is 1.47. The van der Waals surface area contributed by atoms with Crippen molar-refractivity contribution in [3.05, 3.63) is 23.5 Å². The van der Waals surface area contributed by atoms with E-state index in [-0.39, 0.29) is 6.10 Å². The van der Waals surface area contributed by atoms with Crippen LogP contribution in [0, 0.1) is 5.92 Å². The van der Waals surface area contributed by atoms with E-state index in [1.165, 1.54) is 0 Å². The van der Waals surface area contributed by atoms with Crippen LogP contribution in [0.5, 0.6) is 5.75 Å². The molecular weight excluding hydrogens is 236 g/mol. The lowest BCUT2D eigenvalue weighted by molar-refractivity contribution is 0.148. The maximum atomic E-state index is 5.89. The summed E-state index contributed by atoms with van der Waals surface area (Å²) in [5.41, 5.74) is 0. The topological polar surface area (TPSA) is 34.1 Å². The van der Waals surface area contributed by atoms with Gasteiger partial charge in [-0.15, -0.1) is 0 Å². The molecule has 0 fully saturated rings. The molecule has 0 aliphatic carbocycles. The maximum absolute atomic E-state index is 5.89. The Morgan fingerprint density at radius 2 is 2.18 bits per heavy atom. The number of nitrogens with zero attached hydrogens (tertiary/aromatic N) is 1. The molecule has 0 saturated carbocycles. The highest BCUT2D eigenvalue weighted by molar-refractivity contribution is 6.30. The minimum atomic E-state index is 0.141. The van der Waals surface area contributed by atoms with Crippen LogP contribution < -0.4 is 10.1 Å². The summed E-state index contributed by atoms with van der Waals surface area (Å²) in [7, 11) is 0. The van der Waals surface area contributed by atoms with E-state index in [9.17, 15) is 0 Å². The lowest BCUT2D eigenvalue weighted by atomic mass is 10.1. The third-order valence-electron chi connectivity index (χ3n) is 2.48. The minimum Gasteiger partial charge on any atom is -0.487 e. The molecule has 17 heavy (non-hydrogen) atoms. The van der Waals surface area contributed by atoms with Gasteiger partial charge < -0.3 is 10.1 Å². The van der Waals surface area contributed by atoms with Gasteiger partial charge in [-0.2, -0.15) is 0 Å². The summed E-state index contributed by atoms with van der Waals surface area (Å²) >= 11 is 5.88. The standard InChI is InChI=1S/C13H21ClN2O/c1-4-5-15-9-13(10(2)3)17-12-6-11(14)7-16-8-12/h6-8,10,13,15H,4-5,9H2,1-3H3. The van der Waals surface area contributed by atoms with E-state index in [1.807, 2.05) is 0 Å². The van der Waals surface area contributed by atoms with Crippen LogP contribution in [0.15, 0.2) is 18.5 Å². The van der Waals surface area contributed by atoms with Crippen molar-refractivity contribution in [2.45, 2.75) is 33.3 Å². The average molecular weight is 257 g/mol. The molecule has 1 aromatic rings. The second-order valence-electron chi connectivity index (χ2n) is 4.44. The van der Waals surface area contributed by atoms with Crippen molar-refractivity contribution in [2.24, 2.45) is 5.92 Å². The molecule has 1 unspecified atom stereocenters. The van der Waals surface area contributed by atoms with Gasteiger partial charge in [0.25, 0.3) is 0 Å². The molecule has 4 heteroatoms. The van der Waals surface area contributed by atoms with Gasteiger partial charge in [0.05, 0.1) is 11.2 Å². The number of pyridine rings is 1. The fraction of sp³-hybridized carbons (Fsp3) is 0.615. The van der Waals surface area contributed by atoms with Gasteiger partial charge in [-0.1, -0.05) is 32.4 Å². The van der Waals surface area contributed by atoms with Crippen LogP contribution in [-0.2, 0) is 0 Å². The van der Waals surface area contributed by atoms with E-state index in [1.54, 1.807) is 18.5 Å². The monoisotopic (exact) mass is 256 g/mol. The zero-order valence-electron chi connectivity index (χ0n) is 10.7. The summed E-state index contributed by atoms with van der Waals surface area (Å²) in [6, 6.07) is 1.80. The molecule has 0 spiro atoms. The van der Waals surface area contributed by atoms with Gasteiger partial charge in [-0.05, 0) is 18.9 Å². The molecule has 0 aromatic carbocycles. The predicted molar refractivity (Wildman–Crippen MR) is 71.7 cm³/mol. The van der Waals surface area contributed by atoms with Gasteiger partial charge in [0, 0.05) is 18.8 Å². The lowest BCUT2D eigenvalue weighted by Gasteiger charge is -2.22. The van der Waals surface area contributed by atoms with Crippen LogP contribution in [0.25, 0.3) is 0 Å². The summed E-state index contributed by atoms with van der Waals surface area (Å²) in [4.78, 5) is 4.02. The summed E-state index contributed by atoms with van der Waals surface area (Å²) in [6.45, 7) is 8.31. The Morgan fingerprint density at radius 1 is 1.41 bits per heavy atom. The highest BCUT2D eigenvalue weighted by Gasteiger charge is 2.14. The van der Waals surface area contributed by atoms with Gasteiger partial charge in [-0.3, -0.25) is 4.98 Å². The Kier molecular flexibility index (Phi) is 6.30. The van der Waals surface area contributed by atoms with E-state index in [4.69, 9.17) is 16.3 Å². The molecule has 1 heterocycles. The predicted octanol–water partition coefficient (Wildman–Crippen LogP) is 3.14. The van der Waals surface area contributed by atoms with Crippen molar-refractivity contribution in [3.63, 3.8) is 0 Å². The highest BCUT2D eigenvalue weighted by Crippen LogP contribution is 2.18. The quantitative estimate of drug-likeness (QED) is 0.761.